The molecule has 5 heteroatoms. The number of aromatic nitrogens is 1. The van der Waals surface area contributed by atoms with Crippen LogP contribution in [0.15, 0.2) is 34.7 Å². The minimum Gasteiger partial charge on any atom is -0.444 e. The van der Waals surface area contributed by atoms with E-state index < -0.39 is 5.92 Å². The lowest BCUT2D eigenvalue weighted by atomic mass is 10.00. The van der Waals surface area contributed by atoms with Crippen LogP contribution in [0, 0.1) is 31.1 Å². The molecule has 0 bridgehead atoms. The van der Waals surface area contributed by atoms with Crippen LogP contribution in [-0.2, 0) is 17.8 Å². The lowest BCUT2D eigenvalue weighted by molar-refractivity contribution is -0.123. The second-order valence-corrected chi connectivity index (χ2v) is 4.84. The average molecular weight is 283 g/mol. The summed E-state index contributed by atoms with van der Waals surface area (Å²) in [4.78, 5) is 16.2. The molecule has 1 atom stereocenters. The van der Waals surface area contributed by atoms with Gasteiger partial charge in [-0.05, 0) is 25.8 Å². The molecule has 2 rings (SSSR count). The van der Waals surface area contributed by atoms with Gasteiger partial charge in [0.1, 0.15) is 11.7 Å². The van der Waals surface area contributed by atoms with Gasteiger partial charge >= 0.3 is 0 Å². The number of carbonyl (C=O) groups is 1. The highest BCUT2D eigenvalue weighted by atomic mass is 16.4. The molecular weight excluding hydrogens is 266 g/mol. The van der Waals surface area contributed by atoms with Gasteiger partial charge in [0.05, 0.1) is 18.3 Å². The normalized spacial score (nSPS) is 11.7. The van der Waals surface area contributed by atoms with Gasteiger partial charge in [0.2, 0.25) is 11.8 Å². The van der Waals surface area contributed by atoms with Crippen molar-refractivity contribution in [3.63, 3.8) is 0 Å². The molecule has 1 heterocycles. The zero-order chi connectivity index (χ0) is 15.2. The molecule has 1 aromatic carbocycles. The van der Waals surface area contributed by atoms with Crippen molar-refractivity contribution < 1.29 is 9.21 Å². The zero-order valence-corrected chi connectivity index (χ0v) is 12.1. The molecular formula is C16H17N3O2. The molecule has 1 N–H and O–H groups in total. The highest BCUT2D eigenvalue weighted by Gasteiger charge is 2.18. The van der Waals surface area contributed by atoms with Crippen molar-refractivity contribution in [3.8, 4) is 6.07 Å². The molecule has 1 amide bonds. The molecule has 1 aromatic heterocycles. The number of rotatable bonds is 5. The second kappa shape index (κ2) is 6.71. The van der Waals surface area contributed by atoms with Crippen LogP contribution < -0.4 is 5.32 Å². The molecule has 21 heavy (non-hydrogen) atoms. The lowest BCUT2D eigenvalue weighted by Gasteiger charge is -2.09. The van der Waals surface area contributed by atoms with E-state index in [4.69, 9.17) is 9.68 Å². The number of oxazole rings is 1. The van der Waals surface area contributed by atoms with Crippen molar-refractivity contribution in [1.82, 2.24) is 10.3 Å². The number of nitriles is 1. The molecule has 0 saturated heterocycles. The van der Waals surface area contributed by atoms with E-state index in [1.165, 1.54) is 0 Å². The van der Waals surface area contributed by atoms with E-state index in [-0.39, 0.29) is 12.5 Å². The van der Waals surface area contributed by atoms with Gasteiger partial charge in [0, 0.05) is 0 Å². The Balaban J connectivity index is 1.93. The summed E-state index contributed by atoms with van der Waals surface area (Å²) in [5.74, 6) is 0.162. The maximum atomic E-state index is 12.0. The predicted octanol–water partition coefficient (Wildman–Crippen LogP) is 2.29. The van der Waals surface area contributed by atoms with Crippen molar-refractivity contribution in [2.45, 2.75) is 26.8 Å². The van der Waals surface area contributed by atoms with Crippen LogP contribution in [0.2, 0.25) is 0 Å². The van der Waals surface area contributed by atoms with Crippen LogP contribution in [0.3, 0.4) is 0 Å². The van der Waals surface area contributed by atoms with E-state index in [9.17, 15) is 4.79 Å². The second-order valence-electron chi connectivity index (χ2n) is 4.84. The van der Waals surface area contributed by atoms with E-state index in [0.717, 1.165) is 17.0 Å². The Hall–Kier alpha value is -2.61. The fraction of sp³-hybridized carbons (Fsp3) is 0.312. The summed E-state index contributed by atoms with van der Waals surface area (Å²) in [5.41, 5.74) is 1.77. The average Bonchev–Trinajstić information content (AvgIpc) is 2.82. The van der Waals surface area contributed by atoms with Crippen molar-refractivity contribution in [2.24, 2.45) is 5.92 Å². The highest BCUT2D eigenvalue weighted by molar-refractivity contribution is 5.81. The summed E-state index contributed by atoms with van der Waals surface area (Å²) in [7, 11) is 0. The summed E-state index contributed by atoms with van der Waals surface area (Å²) in [6.45, 7) is 3.86. The van der Waals surface area contributed by atoms with Crippen molar-refractivity contribution in [1.29, 1.82) is 5.26 Å². The third-order valence-corrected chi connectivity index (χ3v) is 3.24. The minimum absolute atomic E-state index is 0.195. The quantitative estimate of drug-likeness (QED) is 0.913. The first-order chi connectivity index (χ1) is 10.1. The van der Waals surface area contributed by atoms with Gasteiger partial charge in [-0.15, -0.1) is 0 Å². The molecule has 0 aliphatic heterocycles. The standard InChI is InChI=1S/C16H17N3O2/c1-11-12(2)21-15(19-11)10-18-16(20)14(9-17)8-13-6-4-3-5-7-13/h3-7,14H,8,10H2,1-2H3,(H,18,20). The van der Waals surface area contributed by atoms with Crippen molar-refractivity contribution in [3.05, 3.63) is 53.2 Å². The first-order valence-electron chi connectivity index (χ1n) is 6.74. The van der Waals surface area contributed by atoms with Crippen LogP contribution in [0.1, 0.15) is 22.9 Å². The molecule has 5 nitrogen and oxygen atoms in total. The van der Waals surface area contributed by atoms with E-state index in [0.29, 0.717) is 12.3 Å². The van der Waals surface area contributed by atoms with Gasteiger partial charge in [0.25, 0.3) is 0 Å². The van der Waals surface area contributed by atoms with E-state index in [2.05, 4.69) is 10.3 Å². The molecule has 0 fully saturated rings. The highest BCUT2D eigenvalue weighted by Crippen LogP contribution is 2.10. The number of aryl methyl sites for hydroxylation is 2. The Labute approximate surface area is 123 Å². The van der Waals surface area contributed by atoms with Gasteiger partial charge in [-0.1, -0.05) is 30.3 Å². The first-order valence-corrected chi connectivity index (χ1v) is 6.74. The summed E-state index contributed by atoms with van der Waals surface area (Å²) in [5, 5.41) is 11.8. The third kappa shape index (κ3) is 3.93. The third-order valence-electron chi connectivity index (χ3n) is 3.24. The molecule has 0 saturated carbocycles. The minimum atomic E-state index is -0.718. The Kier molecular flexibility index (Phi) is 4.72. The molecule has 0 aliphatic rings. The largest absolute Gasteiger partial charge is 0.444 e. The van der Waals surface area contributed by atoms with E-state index in [1.807, 2.05) is 50.2 Å². The fourth-order valence-corrected chi connectivity index (χ4v) is 1.95. The topological polar surface area (TPSA) is 78.9 Å². The maximum Gasteiger partial charge on any atom is 0.238 e. The van der Waals surface area contributed by atoms with Gasteiger partial charge in [-0.3, -0.25) is 4.79 Å². The summed E-state index contributed by atoms with van der Waals surface area (Å²) < 4.78 is 5.39. The van der Waals surface area contributed by atoms with E-state index >= 15 is 0 Å². The monoisotopic (exact) mass is 283 g/mol. The number of amides is 1. The molecule has 1 unspecified atom stereocenters. The molecule has 0 radical (unpaired) electrons. The van der Waals surface area contributed by atoms with Gasteiger partial charge in [0.15, 0.2) is 0 Å². The lowest BCUT2D eigenvalue weighted by Crippen LogP contribution is -2.30. The molecule has 0 spiro atoms. The van der Waals surface area contributed by atoms with Crippen LogP contribution in [0.4, 0.5) is 0 Å². The van der Waals surface area contributed by atoms with Crippen molar-refractivity contribution >= 4 is 5.91 Å². The Bertz CT molecular complexity index is 636. The molecule has 108 valence electrons. The van der Waals surface area contributed by atoms with E-state index in [1.54, 1.807) is 0 Å². The number of benzene rings is 1. The number of hydrogen-bond donors (Lipinski definition) is 1. The summed E-state index contributed by atoms with van der Waals surface area (Å²) in [6, 6.07) is 11.5. The van der Waals surface area contributed by atoms with Gasteiger partial charge < -0.3 is 9.73 Å². The molecule has 0 aliphatic carbocycles. The van der Waals surface area contributed by atoms with Gasteiger partial charge in [-0.25, -0.2) is 4.98 Å². The first kappa shape index (κ1) is 14.8. The Morgan fingerprint density at radius 1 is 1.38 bits per heavy atom. The Morgan fingerprint density at radius 2 is 2.10 bits per heavy atom. The zero-order valence-electron chi connectivity index (χ0n) is 12.1. The van der Waals surface area contributed by atoms with Crippen LogP contribution >= 0.6 is 0 Å². The Morgan fingerprint density at radius 3 is 2.67 bits per heavy atom. The number of carbonyl (C=O) groups excluding carboxylic acids is 1. The number of nitrogens with one attached hydrogen (secondary N) is 1. The number of nitrogens with zero attached hydrogens (tertiary/aromatic N) is 2. The summed E-state index contributed by atoms with van der Waals surface area (Å²) in [6.07, 6.45) is 0.396. The van der Waals surface area contributed by atoms with Crippen LogP contribution in [-0.4, -0.2) is 10.9 Å². The number of hydrogen-bond acceptors (Lipinski definition) is 4. The maximum absolute atomic E-state index is 12.0. The van der Waals surface area contributed by atoms with Crippen LogP contribution in [0.5, 0.6) is 0 Å². The fourth-order valence-electron chi connectivity index (χ4n) is 1.95. The van der Waals surface area contributed by atoms with Crippen LogP contribution in [0.25, 0.3) is 0 Å². The molecule has 2 aromatic rings. The van der Waals surface area contributed by atoms with Crippen molar-refractivity contribution in [2.75, 3.05) is 0 Å². The summed E-state index contributed by atoms with van der Waals surface area (Å²) >= 11 is 0. The smallest absolute Gasteiger partial charge is 0.238 e. The predicted molar refractivity (Wildman–Crippen MR) is 77.1 cm³/mol. The SMILES string of the molecule is Cc1nc(CNC(=O)C(C#N)Cc2ccccc2)oc1C. The van der Waals surface area contributed by atoms with Gasteiger partial charge in [-0.2, -0.15) is 5.26 Å².